The van der Waals surface area contributed by atoms with Gasteiger partial charge in [-0.15, -0.1) is 0 Å². The summed E-state index contributed by atoms with van der Waals surface area (Å²) in [6, 6.07) is 0.116. The molecule has 0 aromatic heterocycles. The Labute approximate surface area is 119 Å². The van der Waals surface area contributed by atoms with Crippen molar-refractivity contribution in [1.29, 1.82) is 0 Å². The average molecular weight is 304 g/mol. The molecule has 116 valence electrons. The van der Waals surface area contributed by atoms with Crippen LogP contribution in [0.3, 0.4) is 0 Å². The predicted molar refractivity (Wildman–Crippen MR) is 67.6 cm³/mol. The summed E-state index contributed by atoms with van der Waals surface area (Å²) >= 11 is 0. The van der Waals surface area contributed by atoms with E-state index >= 15 is 0 Å². The fraction of sp³-hybridized carbons (Fsp3) is 0.533. The van der Waals surface area contributed by atoms with Crippen molar-refractivity contribution >= 4 is 5.97 Å². The van der Waals surface area contributed by atoms with Crippen LogP contribution in [0.4, 0.5) is 17.6 Å². The van der Waals surface area contributed by atoms with Crippen LogP contribution in [0.1, 0.15) is 33.3 Å². The molecule has 1 aliphatic carbocycles. The van der Waals surface area contributed by atoms with Gasteiger partial charge in [0.15, 0.2) is 23.3 Å². The maximum atomic E-state index is 13.8. The summed E-state index contributed by atoms with van der Waals surface area (Å²) in [5.74, 6) is -7.36. The van der Waals surface area contributed by atoms with E-state index in [1.165, 1.54) is 0 Å². The van der Waals surface area contributed by atoms with Crippen LogP contribution in [0, 0.1) is 39.5 Å². The van der Waals surface area contributed by atoms with Crippen LogP contribution in [0.5, 0.6) is 0 Å². The molecule has 0 spiro atoms. The molecule has 0 aliphatic heterocycles. The van der Waals surface area contributed by atoms with E-state index < -0.39 is 57.5 Å². The average Bonchev–Trinajstić information content (AvgIpc) is 2.70. The van der Waals surface area contributed by atoms with Crippen LogP contribution in [-0.4, -0.2) is 11.1 Å². The Morgan fingerprint density at radius 3 is 1.67 bits per heavy atom. The van der Waals surface area contributed by atoms with Crippen LogP contribution in [-0.2, 0) is 11.2 Å². The number of aliphatic carboxylic acids is 1. The molecule has 0 heterocycles. The SMILES string of the molecule is CC1(C)C(C)(C)C1(Cc1c(F)c(F)cc(F)c1F)C(=O)O. The number of carbonyl (C=O) groups is 1. The maximum Gasteiger partial charge on any atom is 0.311 e. The lowest BCUT2D eigenvalue weighted by molar-refractivity contribution is -0.145. The summed E-state index contributed by atoms with van der Waals surface area (Å²) < 4.78 is 54.1. The van der Waals surface area contributed by atoms with E-state index in [0.717, 1.165) is 0 Å². The molecule has 2 rings (SSSR count). The van der Waals surface area contributed by atoms with Gasteiger partial charge in [-0.25, -0.2) is 17.6 Å². The second-order valence-electron chi connectivity index (χ2n) is 6.58. The molecule has 1 aromatic rings. The number of carboxylic acids is 1. The second kappa shape index (κ2) is 4.21. The van der Waals surface area contributed by atoms with E-state index in [0.29, 0.717) is 0 Å². The molecule has 1 aliphatic rings. The molecule has 1 aromatic carbocycles. The Bertz CT molecular complexity index is 595. The van der Waals surface area contributed by atoms with E-state index in [9.17, 15) is 27.5 Å². The maximum absolute atomic E-state index is 13.8. The van der Waals surface area contributed by atoms with Gasteiger partial charge in [-0.3, -0.25) is 4.79 Å². The molecule has 0 atom stereocenters. The van der Waals surface area contributed by atoms with Crippen molar-refractivity contribution in [3.8, 4) is 0 Å². The van der Waals surface area contributed by atoms with Gasteiger partial charge in [-0.05, 0) is 17.3 Å². The summed E-state index contributed by atoms with van der Waals surface area (Å²) in [6.07, 6.45) is -0.602. The molecule has 21 heavy (non-hydrogen) atoms. The van der Waals surface area contributed by atoms with E-state index in [1.807, 2.05) is 0 Å². The highest BCUT2D eigenvalue weighted by Gasteiger charge is 2.81. The molecule has 0 radical (unpaired) electrons. The first-order valence-electron chi connectivity index (χ1n) is 6.47. The first-order valence-corrected chi connectivity index (χ1v) is 6.47. The summed E-state index contributed by atoms with van der Waals surface area (Å²) in [5, 5.41) is 9.52. The lowest BCUT2D eigenvalue weighted by atomic mass is 9.86. The topological polar surface area (TPSA) is 37.3 Å². The van der Waals surface area contributed by atoms with Gasteiger partial charge in [0.05, 0.1) is 5.41 Å². The first-order chi connectivity index (χ1) is 9.41. The van der Waals surface area contributed by atoms with Gasteiger partial charge < -0.3 is 5.11 Å². The molecule has 1 saturated carbocycles. The number of halogens is 4. The summed E-state index contributed by atoms with van der Waals surface area (Å²) in [5.41, 5.74) is -3.88. The van der Waals surface area contributed by atoms with Crippen molar-refractivity contribution in [3.05, 3.63) is 34.9 Å². The normalized spacial score (nSPS) is 21.1. The van der Waals surface area contributed by atoms with Gasteiger partial charge in [-0.2, -0.15) is 0 Å². The predicted octanol–water partition coefficient (Wildman–Crippen LogP) is 3.92. The smallest absolute Gasteiger partial charge is 0.311 e. The van der Waals surface area contributed by atoms with Crippen LogP contribution < -0.4 is 0 Å². The Morgan fingerprint density at radius 1 is 1.00 bits per heavy atom. The van der Waals surface area contributed by atoms with Crippen LogP contribution >= 0.6 is 0 Å². The zero-order valence-corrected chi connectivity index (χ0v) is 12.2. The lowest BCUT2D eigenvalue weighted by Crippen LogP contribution is -2.27. The van der Waals surface area contributed by atoms with Crippen molar-refractivity contribution < 1.29 is 27.5 Å². The quantitative estimate of drug-likeness (QED) is 0.679. The van der Waals surface area contributed by atoms with Crippen molar-refractivity contribution in [3.63, 3.8) is 0 Å². The van der Waals surface area contributed by atoms with Crippen LogP contribution in [0.15, 0.2) is 6.07 Å². The third-order valence-electron chi connectivity index (χ3n) is 5.64. The third-order valence-corrected chi connectivity index (χ3v) is 5.64. The largest absolute Gasteiger partial charge is 0.481 e. The molecule has 0 saturated heterocycles. The third kappa shape index (κ3) is 1.67. The number of hydrogen-bond acceptors (Lipinski definition) is 1. The highest BCUT2D eigenvalue weighted by atomic mass is 19.2. The molecular weight excluding hydrogens is 288 g/mol. The van der Waals surface area contributed by atoms with E-state index in [-0.39, 0.29) is 6.07 Å². The Balaban J connectivity index is 2.60. The van der Waals surface area contributed by atoms with Crippen molar-refractivity contribution in [2.24, 2.45) is 16.2 Å². The molecule has 0 bridgehead atoms. The number of benzene rings is 1. The van der Waals surface area contributed by atoms with Crippen molar-refractivity contribution in [2.75, 3.05) is 0 Å². The van der Waals surface area contributed by atoms with Gasteiger partial charge in [-0.1, -0.05) is 27.7 Å². The van der Waals surface area contributed by atoms with Gasteiger partial charge in [0.1, 0.15) is 0 Å². The molecular formula is C15H16F4O2. The fourth-order valence-electron chi connectivity index (χ4n) is 3.52. The van der Waals surface area contributed by atoms with Crippen molar-refractivity contribution in [1.82, 2.24) is 0 Å². The Kier molecular flexibility index (Phi) is 3.17. The highest BCUT2D eigenvalue weighted by molar-refractivity contribution is 5.82. The van der Waals surface area contributed by atoms with Crippen LogP contribution in [0.25, 0.3) is 0 Å². The minimum Gasteiger partial charge on any atom is -0.481 e. The molecule has 1 fully saturated rings. The monoisotopic (exact) mass is 304 g/mol. The first kappa shape index (κ1) is 15.8. The van der Waals surface area contributed by atoms with Crippen LogP contribution in [0.2, 0.25) is 0 Å². The zero-order chi connectivity index (χ0) is 16.4. The molecule has 2 nitrogen and oxygen atoms in total. The van der Waals surface area contributed by atoms with Gasteiger partial charge in [0, 0.05) is 11.6 Å². The van der Waals surface area contributed by atoms with E-state index in [1.54, 1.807) is 27.7 Å². The minimum atomic E-state index is -1.53. The van der Waals surface area contributed by atoms with E-state index in [2.05, 4.69) is 0 Å². The summed E-state index contributed by atoms with van der Waals surface area (Å²) in [7, 11) is 0. The zero-order valence-electron chi connectivity index (χ0n) is 12.2. The van der Waals surface area contributed by atoms with E-state index in [4.69, 9.17) is 0 Å². The summed E-state index contributed by atoms with van der Waals surface area (Å²) in [4.78, 5) is 11.7. The number of hydrogen-bond donors (Lipinski definition) is 1. The van der Waals surface area contributed by atoms with Crippen molar-refractivity contribution in [2.45, 2.75) is 34.1 Å². The summed E-state index contributed by atoms with van der Waals surface area (Å²) in [6.45, 7) is 6.64. The van der Waals surface area contributed by atoms with Gasteiger partial charge in [0.25, 0.3) is 0 Å². The van der Waals surface area contributed by atoms with Gasteiger partial charge in [0.2, 0.25) is 0 Å². The fourth-order valence-corrected chi connectivity index (χ4v) is 3.52. The Hall–Kier alpha value is -1.59. The Morgan fingerprint density at radius 2 is 1.38 bits per heavy atom. The molecule has 0 amide bonds. The number of rotatable bonds is 3. The highest BCUT2D eigenvalue weighted by Crippen LogP contribution is 2.79. The second-order valence-corrected chi connectivity index (χ2v) is 6.58. The number of carboxylic acid groups (broad SMARTS) is 1. The van der Waals surface area contributed by atoms with Gasteiger partial charge >= 0.3 is 5.97 Å². The minimum absolute atomic E-state index is 0.116. The lowest BCUT2D eigenvalue weighted by Gasteiger charge is -2.18. The molecule has 6 heteroatoms. The standard InChI is InChI=1S/C15H16F4O2/c1-13(2)14(3,4)15(13,12(20)21)6-7-10(18)8(16)5-9(17)11(7)19/h5H,6H2,1-4H3,(H,20,21). The molecule has 0 unspecified atom stereocenters. The molecule has 1 N–H and O–H groups in total.